The molecule has 2 aliphatic rings. The number of amides is 1. The summed E-state index contributed by atoms with van der Waals surface area (Å²) in [7, 11) is 0. The lowest BCUT2D eigenvalue weighted by Crippen LogP contribution is -2.52. The summed E-state index contributed by atoms with van der Waals surface area (Å²) >= 11 is 0. The van der Waals surface area contributed by atoms with Crippen molar-refractivity contribution in [2.24, 2.45) is 0 Å². The lowest BCUT2D eigenvalue weighted by atomic mass is 10.2. The highest BCUT2D eigenvalue weighted by molar-refractivity contribution is 5.77. The van der Waals surface area contributed by atoms with Crippen LogP contribution in [0.2, 0.25) is 0 Å². The Bertz CT molecular complexity index is 254. The summed E-state index contributed by atoms with van der Waals surface area (Å²) in [6, 6.07) is 0.380. The monoisotopic (exact) mass is 242 g/mol. The number of rotatable bonds is 4. The Balaban J connectivity index is 1.62. The molecule has 2 heterocycles. The van der Waals surface area contributed by atoms with Gasteiger partial charge in [0.15, 0.2) is 0 Å². The van der Waals surface area contributed by atoms with Crippen LogP contribution in [0.15, 0.2) is 0 Å². The number of nitrogens with one attached hydrogen (secondary N) is 1. The van der Waals surface area contributed by atoms with Gasteiger partial charge in [-0.3, -0.25) is 4.79 Å². The minimum absolute atomic E-state index is 0.0938. The Morgan fingerprint density at radius 2 is 2.47 bits per heavy atom. The van der Waals surface area contributed by atoms with Gasteiger partial charge in [0, 0.05) is 32.3 Å². The van der Waals surface area contributed by atoms with Crippen molar-refractivity contribution in [2.75, 3.05) is 39.5 Å². The standard InChI is InChI=1S/C12H22N2O3/c1-10-7-14(5-4-13-10)12(15)9-16-8-11-3-2-6-17-11/h10-11,13H,2-9H2,1H3/t10-,11+/m1/s1. The average molecular weight is 242 g/mol. The van der Waals surface area contributed by atoms with E-state index in [4.69, 9.17) is 9.47 Å². The van der Waals surface area contributed by atoms with Gasteiger partial charge in [0.2, 0.25) is 5.91 Å². The van der Waals surface area contributed by atoms with Crippen LogP contribution >= 0.6 is 0 Å². The number of piperazine rings is 1. The molecule has 2 rings (SSSR count). The van der Waals surface area contributed by atoms with E-state index in [0.29, 0.717) is 12.6 Å². The molecule has 2 saturated heterocycles. The molecule has 5 nitrogen and oxygen atoms in total. The highest BCUT2D eigenvalue weighted by Crippen LogP contribution is 2.11. The summed E-state index contributed by atoms with van der Waals surface area (Å²) in [5.41, 5.74) is 0. The molecular formula is C12H22N2O3. The summed E-state index contributed by atoms with van der Waals surface area (Å²) < 4.78 is 10.9. The third-order valence-corrected chi connectivity index (χ3v) is 3.27. The average Bonchev–Trinajstić information content (AvgIpc) is 2.82. The molecule has 1 N–H and O–H groups in total. The van der Waals surface area contributed by atoms with Gasteiger partial charge in [-0.25, -0.2) is 0 Å². The molecule has 0 aromatic rings. The Morgan fingerprint density at radius 3 is 3.18 bits per heavy atom. The van der Waals surface area contributed by atoms with E-state index < -0.39 is 0 Å². The number of carbonyl (C=O) groups excluding carboxylic acids is 1. The van der Waals surface area contributed by atoms with Crippen molar-refractivity contribution < 1.29 is 14.3 Å². The van der Waals surface area contributed by atoms with Gasteiger partial charge in [0.1, 0.15) is 6.61 Å². The maximum atomic E-state index is 11.8. The molecule has 0 aromatic carbocycles. The Hall–Kier alpha value is -0.650. The van der Waals surface area contributed by atoms with Gasteiger partial charge in [-0.1, -0.05) is 0 Å². The second-order valence-corrected chi connectivity index (χ2v) is 4.85. The van der Waals surface area contributed by atoms with E-state index in [9.17, 15) is 4.79 Å². The number of hydrogen-bond acceptors (Lipinski definition) is 4. The Morgan fingerprint density at radius 1 is 1.59 bits per heavy atom. The first kappa shape index (κ1) is 12.8. The Kier molecular flexibility index (Phi) is 4.76. The maximum absolute atomic E-state index is 11.8. The first-order valence-corrected chi connectivity index (χ1v) is 6.46. The lowest BCUT2D eigenvalue weighted by molar-refractivity contribution is -0.138. The van der Waals surface area contributed by atoms with Gasteiger partial charge < -0.3 is 19.7 Å². The molecule has 0 bridgehead atoms. The molecule has 0 spiro atoms. The van der Waals surface area contributed by atoms with Crippen LogP contribution in [-0.2, 0) is 14.3 Å². The van der Waals surface area contributed by atoms with E-state index in [2.05, 4.69) is 12.2 Å². The van der Waals surface area contributed by atoms with Crippen molar-refractivity contribution in [3.63, 3.8) is 0 Å². The smallest absolute Gasteiger partial charge is 0.248 e. The molecule has 0 aromatic heterocycles. The van der Waals surface area contributed by atoms with E-state index in [1.807, 2.05) is 4.90 Å². The maximum Gasteiger partial charge on any atom is 0.248 e. The van der Waals surface area contributed by atoms with Crippen molar-refractivity contribution in [1.82, 2.24) is 10.2 Å². The fourth-order valence-corrected chi connectivity index (χ4v) is 2.30. The second kappa shape index (κ2) is 6.33. The number of nitrogens with zero attached hydrogens (tertiary/aromatic N) is 1. The highest BCUT2D eigenvalue weighted by atomic mass is 16.5. The number of ether oxygens (including phenoxy) is 2. The molecule has 2 atom stereocenters. The SMILES string of the molecule is C[C@@H]1CN(C(=O)COC[C@@H]2CCCO2)CCN1. The quantitative estimate of drug-likeness (QED) is 0.754. The molecule has 5 heteroatoms. The van der Waals surface area contributed by atoms with Crippen LogP contribution in [0.4, 0.5) is 0 Å². The van der Waals surface area contributed by atoms with Gasteiger partial charge in [-0.15, -0.1) is 0 Å². The van der Waals surface area contributed by atoms with Crippen molar-refractivity contribution in [2.45, 2.75) is 31.9 Å². The first-order valence-electron chi connectivity index (χ1n) is 6.46. The van der Waals surface area contributed by atoms with E-state index in [1.165, 1.54) is 0 Å². The van der Waals surface area contributed by atoms with Gasteiger partial charge in [0.25, 0.3) is 0 Å². The Labute approximate surface area is 102 Å². The predicted molar refractivity (Wildman–Crippen MR) is 63.8 cm³/mol. The molecule has 2 fully saturated rings. The molecular weight excluding hydrogens is 220 g/mol. The highest BCUT2D eigenvalue weighted by Gasteiger charge is 2.21. The second-order valence-electron chi connectivity index (χ2n) is 4.85. The fraction of sp³-hybridized carbons (Fsp3) is 0.917. The van der Waals surface area contributed by atoms with Crippen molar-refractivity contribution in [3.8, 4) is 0 Å². The third kappa shape index (κ3) is 3.94. The van der Waals surface area contributed by atoms with E-state index in [-0.39, 0.29) is 18.6 Å². The first-order chi connectivity index (χ1) is 8.25. The zero-order valence-corrected chi connectivity index (χ0v) is 10.5. The van der Waals surface area contributed by atoms with Crippen LogP contribution in [0.25, 0.3) is 0 Å². The van der Waals surface area contributed by atoms with Crippen LogP contribution in [-0.4, -0.2) is 62.4 Å². The molecule has 1 amide bonds. The molecule has 98 valence electrons. The summed E-state index contributed by atoms with van der Waals surface area (Å²) in [5, 5.41) is 3.31. The van der Waals surface area contributed by atoms with Crippen LogP contribution in [0.5, 0.6) is 0 Å². The van der Waals surface area contributed by atoms with E-state index >= 15 is 0 Å². The van der Waals surface area contributed by atoms with Gasteiger partial charge in [-0.05, 0) is 19.8 Å². The zero-order valence-electron chi connectivity index (χ0n) is 10.5. The molecule has 0 unspecified atom stereocenters. The normalized spacial score (nSPS) is 29.6. The van der Waals surface area contributed by atoms with Gasteiger partial charge >= 0.3 is 0 Å². The molecule has 17 heavy (non-hydrogen) atoms. The van der Waals surface area contributed by atoms with E-state index in [1.54, 1.807) is 0 Å². The van der Waals surface area contributed by atoms with Crippen LogP contribution in [0, 0.1) is 0 Å². The molecule has 0 aliphatic carbocycles. The van der Waals surface area contributed by atoms with Gasteiger partial charge in [-0.2, -0.15) is 0 Å². The fourth-order valence-electron chi connectivity index (χ4n) is 2.30. The summed E-state index contributed by atoms with van der Waals surface area (Å²) in [5.74, 6) is 0.0938. The lowest BCUT2D eigenvalue weighted by Gasteiger charge is -2.31. The molecule has 0 saturated carbocycles. The minimum Gasteiger partial charge on any atom is -0.376 e. The number of carbonyl (C=O) groups is 1. The molecule has 0 radical (unpaired) electrons. The zero-order chi connectivity index (χ0) is 12.1. The summed E-state index contributed by atoms with van der Waals surface area (Å²) in [4.78, 5) is 13.7. The van der Waals surface area contributed by atoms with Crippen LogP contribution in [0.3, 0.4) is 0 Å². The summed E-state index contributed by atoms with van der Waals surface area (Å²) in [6.07, 6.45) is 2.36. The van der Waals surface area contributed by atoms with Crippen LogP contribution < -0.4 is 5.32 Å². The van der Waals surface area contributed by atoms with Crippen molar-refractivity contribution in [3.05, 3.63) is 0 Å². The van der Waals surface area contributed by atoms with Crippen molar-refractivity contribution >= 4 is 5.91 Å². The topological polar surface area (TPSA) is 50.8 Å². The minimum atomic E-state index is 0.0938. The van der Waals surface area contributed by atoms with E-state index in [0.717, 1.165) is 39.1 Å². The van der Waals surface area contributed by atoms with Crippen molar-refractivity contribution in [1.29, 1.82) is 0 Å². The van der Waals surface area contributed by atoms with Crippen LogP contribution in [0.1, 0.15) is 19.8 Å². The third-order valence-electron chi connectivity index (χ3n) is 3.27. The predicted octanol–water partition coefficient (Wildman–Crippen LogP) is 0.00230. The largest absolute Gasteiger partial charge is 0.376 e. The summed E-state index contributed by atoms with van der Waals surface area (Å²) in [6.45, 7) is 6.09. The van der Waals surface area contributed by atoms with Gasteiger partial charge in [0.05, 0.1) is 12.7 Å². The number of hydrogen-bond donors (Lipinski definition) is 1. The molecule has 2 aliphatic heterocycles.